The quantitative estimate of drug-likeness (QED) is 0.691. The van der Waals surface area contributed by atoms with E-state index < -0.39 is 34.7 Å². The standard InChI is InChI=1S/C22H20F2N2O4/c1-22(29,12-6-4-3-5-7-12)21(28)26(2)18-11-30-10-17-19(18)13-8-15(23)16(24)9-14(13)20(27)25-17/h3-9,18,29H,10-11H2,1-2H3,(H,25,27)/t18-,22-/m0/s1. The predicted octanol–water partition coefficient (Wildman–Crippen LogP) is 2.74. The largest absolute Gasteiger partial charge is 0.376 e. The van der Waals surface area contributed by atoms with Gasteiger partial charge in [-0.15, -0.1) is 0 Å². The van der Waals surface area contributed by atoms with Crippen LogP contribution in [0, 0.1) is 11.6 Å². The number of pyridine rings is 1. The molecule has 2 atom stereocenters. The highest BCUT2D eigenvalue weighted by Gasteiger charge is 2.39. The molecule has 1 aromatic heterocycles. The Hall–Kier alpha value is -3.10. The minimum atomic E-state index is -1.82. The molecule has 2 aromatic carbocycles. The molecular weight excluding hydrogens is 394 g/mol. The summed E-state index contributed by atoms with van der Waals surface area (Å²) in [6.07, 6.45) is 0. The van der Waals surface area contributed by atoms with E-state index in [2.05, 4.69) is 4.98 Å². The molecular formula is C22H20F2N2O4. The Morgan fingerprint density at radius 2 is 1.83 bits per heavy atom. The molecule has 0 fully saturated rings. The number of hydrogen-bond donors (Lipinski definition) is 2. The highest BCUT2D eigenvalue weighted by Crippen LogP contribution is 2.35. The summed E-state index contributed by atoms with van der Waals surface area (Å²) in [5.74, 6) is -2.82. The number of carbonyl (C=O) groups excluding carboxylic acids is 1. The summed E-state index contributed by atoms with van der Waals surface area (Å²) in [5, 5.41) is 11.1. The Morgan fingerprint density at radius 3 is 2.50 bits per heavy atom. The van der Waals surface area contributed by atoms with Crippen molar-refractivity contribution in [2.24, 2.45) is 0 Å². The summed E-state index contributed by atoms with van der Waals surface area (Å²) in [5.41, 5.74) is -1.12. The number of benzene rings is 2. The lowest BCUT2D eigenvalue weighted by Crippen LogP contribution is -2.47. The molecule has 6 nitrogen and oxygen atoms in total. The number of aliphatic hydroxyl groups is 1. The van der Waals surface area contributed by atoms with Crippen LogP contribution in [0.1, 0.15) is 29.8 Å². The van der Waals surface area contributed by atoms with Crippen molar-refractivity contribution in [1.82, 2.24) is 9.88 Å². The average molecular weight is 414 g/mol. The maximum atomic E-state index is 14.0. The fourth-order valence-electron chi connectivity index (χ4n) is 3.92. The van der Waals surface area contributed by atoms with Gasteiger partial charge in [0.1, 0.15) is 0 Å². The van der Waals surface area contributed by atoms with Crippen LogP contribution in [0.25, 0.3) is 10.8 Å². The summed E-state index contributed by atoms with van der Waals surface area (Å²) in [6, 6.07) is 9.57. The first-order chi connectivity index (χ1) is 14.2. The van der Waals surface area contributed by atoms with Crippen LogP contribution in [0.3, 0.4) is 0 Å². The Labute approximate surface area is 170 Å². The van der Waals surface area contributed by atoms with Crippen molar-refractivity contribution in [1.29, 1.82) is 0 Å². The molecule has 0 aliphatic carbocycles. The SMILES string of the molecule is CN(C(=O)[C@@](C)(O)c1ccccc1)[C@H]1COCc2[nH]c(=O)c3cc(F)c(F)cc3c21. The van der Waals surface area contributed by atoms with Gasteiger partial charge < -0.3 is 19.7 Å². The lowest BCUT2D eigenvalue weighted by atomic mass is 9.91. The molecule has 0 saturated carbocycles. The number of likely N-dealkylation sites (N-methyl/N-ethyl adjacent to an activating group) is 1. The van der Waals surface area contributed by atoms with Gasteiger partial charge in [-0.05, 0) is 30.0 Å². The molecule has 1 amide bonds. The molecule has 0 saturated heterocycles. The van der Waals surface area contributed by atoms with Crippen LogP contribution in [0.2, 0.25) is 0 Å². The molecule has 0 unspecified atom stereocenters. The minimum absolute atomic E-state index is 0.0183. The first kappa shape index (κ1) is 20.2. The topological polar surface area (TPSA) is 82.6 Å². The molecule has 1 aliphatic rings. The maximum Gasteiger partial charge on any atom is 0.259 e. The van der Waals surface area contributed by atoms with Gasteiger partial charge in [-0.3, -0.25) is 9.59 Å². The second-order valence-corrected chi connectivity index (χ2v) is 7.54. The summed E-state index contributed by atoms with van der Waals surface area (Å²) in [4.78, 5) is 29.5. The van der Waals surface area contributed by atoms with Gasteiger partial charge in [0.05, 0.1) is 24.6 Å². The van der Waals surface area contributed by atoms with E-state index in [1.807, 2.05) is 0 Å². The maximum absolute atomic E-state index is 14.0. The third-order valence-electron chi connectivity index (χ3n) is 5.58. The number of nitrogens with one attached hydrogen (secondary N) is 1. The molecule has 3 aromatic rings. The molecule has 30 heavy (non-hydrogen) atoms. The van der Waals surface area contributed by atoms with Gasteiger partial charge in [0.2, 0.25) is 0 Å². The van der Waals surface area contributed by atoms with Gasteiger partial charge in [0.25, 0.3) is 11.5 Å². The number of nitrogens with zero attached hydrogens (tertiary/aromatic N) is 1. The molecule has 2 heterocycles. The van der Waals surface area contributed by atoms with Crippen LogP contribution >= 0.6 is 0 Å². The van der Waals surface area contributed by atoms with Gasteiger partial charge in [-0.25, -0.2) is 8.78 Å². The highest BCUT2D eigenvalue weighted by molar-refractivity contribution is 5.89. The van der Waals surface area contributed by atoms with Crippen LogP contribution in [-0.4, -0.2) is 34.6 Å². The van der Waals surface area contributed by atoms with E-state index in [1.165, 1.54) is 18.9 Å². The van der Waals surface area contributed by atoms with Crippen molar-refractivity contribution >= 4 is 16.7 Å². The molecule has 0 spiro atoms. The number of halogens is 2. The van der Waals surface area contributed by atoms with Crippen LogP contribution in [0.15, 0.2) is 47.3 Å². The Balaban J connectivity index is 1.83. The highest BCUT2D eigenvalue weighted by atomic mass is 19.2. The molecule has 0 radical (unpaired) electrons. The van der Waals surface area contributed by atoms with Crippen LogP contribution < -0.4 is 5.56 Å². The van der Waals surface area contributed by atoms with Gasteiger partial charge in [0, 0.05) is 18.3 Å². The number of aromatic nitrogens is 1. The zero-order valence-electron chi connectivity index (χ0n) is 16.4. The van der Waals surface area contributed by atoms with Crippen LogP contribution in [0.4, 0.5) is 8.78 Å². The third-order valence-corrected chi connectivity index (χ3v) is 5.58. The predicted molar refractivity (Wildman–Crippen MR) is 106 cm³/mol. The van der Waals surface area contributed by atoms with Crippen molar-refractivity contribution in [2.45, 2.75) is 25.2 Å². The number of aromatic amines is 1. The normalized spacial score (nSPS) is 18.0. The molecule has 1 aliphatic heterocycles. The average Bonchev–Trinajstić information content (AvgIpc) is 2.74. The van der Waals surface area contributed by atoms with E-state index in [0.717, 1.165) is 12.1 Å². The van der Waals surface area contributed by atoms with Gasteiger partial charge >= 0.3 is 0 Å². The van der Waals surface area contributed by atoms with E-state index in [1.54, 1.807) is 30.3 Å². The Kier molecular flexibility index (Phi) is 4.91. The number of ether oxygens (including phenoxy) is 1. The monoisotopic (exact) mass is 414 g/mol. The molecule has 156 valence electrons. The van der Waals surface area contributed by atoms with Gasteiger partial charge in [-0.2, -0.15) is 0 Å². The molecule has 8 heteroatoms. The number of H-pyrrole nitrogens is 1. The molecule has 0 bridgehead atoms. The van der Waals surface area contributed by atoms with Crippen LogP contribution in [0.5, 0.6) is 0 Å². The van der Waals surface area contributed by atoms with Gasteiger partial charge in [-0.1, -0.05) is 30.3 Å². The van der Waals surface area contributed by atoms with Crippen LogP contribution in [-0.2, 0) is 21.7 Å². The third kappa shape index (κ3) is 3.18. The summed E-state index contributed by atoms with van der Waals surface area (Å²) in [6.45, 7) is 1.53. The lowest BCUT2D eigenvalue weighted by molar-refractivity contribution is -0.153. The fourth-order valence-corrected chi connectivity index (χ4v) is 3.92. The first-order valence-corrected chi connectivity index (χ1v) is 9.38. The minimum Gasteiger partial charge on any atom is -0.376 e. The smallest absolute Gasteiger partial charge is 0.259 e. The van der Waals surface area contributed by atoms with Gasteiger partial charge in [0.15, 0.2) is 17.2 Å². The second-order valence-electron chi connectivity index (χ2n) is 7.54. The van der Waals surface area contributed by atoms with Crippen molar-refractivity contribution < 1.29 is 23.4 Å². The van der Waals surface area contributed by atoms with E-state index in [4.69, 9.17) is 4.74 Å². The lowest BCUT2D eigenvalue weighted by Gasteiger charge is -2.37. The van der Waals surface area contributed by atoms with E-state index in [9.17, 15) is 23.5 Å². The van der Waals surface area contributed by atoms with Crippen molar-refractivity contribution in [3.05, 3.63) is 81.3 Å². The second kappa shape index (κ2) is 7.30. The van der Waals surface area contributed by atoms with E-state index in [-0.39, 0.29) is 24.0 Å². The summed E-state index contributed by atoms with van der Waals surface area (Å²) in [7, 11) is 1.50. The number of hydrogen-bond acceptors (Lipinski definition) is 4. The van der Waals surface area contributed by atoms with Crippen molar-refractivity contribution in [3.8, 4) is 0 Å². The number of rotatable bonds is 3. The molecule has 4 rings (SSSR count). The Morgan fingerprint density at radius 1 is 1.20 bits per heavy atom. The summed E-state index contributed by atoms with van der Waals surface area (Å²) >= 11 is 0. The zero-order chi connectivity index (χ0) is 21.6. The fraction of sp³-hybridized carbons (Fsp3) is 0.273. The Bertz CT molecular complexity index is 1190. The van der Waals surface area contributed by atoms with Crippen molar-refractivity contribution in [2.75, 3.05) is 13.7 Å². The number of amides is 1. The van der Waals surface area contributed by atoms with E-state index in [0.29, 0.717) is 16.8 Å². The first-order valence-electron chi connectivity index (χ1n) is 9.38. The number of fused-ring (bicyclic) bond motifs is 3. The van der Waals surface area contributed by atoms with E-state index >= 15 is 0 Å². The molecule has 2 N–H and O–H groups in total. The zero-order valence-corrected chi connectivity index (χ0v) is 16.4. The summed E-state index contributed by atoms with van der Waals surface area (Å²) < 4.78 is 33.3. The number of carbonyl (C=O) groups is 1. The van der Waals surface area contributed by atoms with Crippen molar-refractivity contribution in [3.63, 3.8) is 0 Å².